The molecular formula is C14H30N2O3. The number of rotatable bonds is 13. The van der Waals surface area contributed by atoms with E-state index in [0.29, 0.717) is 38.6 Å². The van der Waals surface area contributed by atoms with Gasteiger partial charge in [0.2, 0.25) is 5.91 Å². The molecule has 0 aromatic heterocycles. The molecule has 5 heteroatoms. The molecule has 0 saturated heterocycles. The number of aliphatic hydroxyl groups is 1. The number of hydrogen-bond acceptors (Lipinski definition) is 4. The molecule has 0 aliphatic carbocycles. The highest BCUT2D eigenvalue weighted by Crippen LogP contribution is 2.16. The van der Waals surface area contributed by atoms with Gasteiger partial charge in [0.25, 0.3) is 0 Å². The Morgan fingerprint density at radius 2 is 2.11 bits per heavy atom. The molecule has 0 heterocycles. The van der Waals surface area contributed by atoms with E-state index in [0.717, 1.165) is 32.1 Å². The monoisotopic (exact) mass is 274 g/mol. The first-order valence-corrected chi connectivity index (χ1v) is 7.39. The first-order valence-electron chi connectivity index (χ1n) is 7.39. The summed E-state index contributed by atoms with van der Waals surface area (Å²) in [4.78, 5) is 11.6. The summed E-state index contributed by atoms with van der Waals surface area (Å²) in [5.74, 6) is 0.689. The lowest BCUT2D eigenvalue weighted by Crippen LogP contribution is -2.26. The zero-order chi connectivity index (χ0) is 14.3. The average Bonchev–Trinajstić information content (AvgIpc) is 2.40. The normalized spacial score (nSPS) is 12.4. The van der Waals surface area contributed by atoms with E-state index in [-0.39, 0.29) is 12.5 Å². The second-order valence-electron chi connectivity index (χ2n) is 4.81. The number of carbonyl (C=O) groups is 1. The molecule has 1 unspecified atom stereocenters. The van der Waals surface area contributed by atoms with Gasteiger partial charge in [0, 0.05) is 19.6 Å². The van der Waals surface area contributed by atoms with Crippen LogP contribution in [0.15, 0.2) is 0 Å². The maximum Gasteiger partial charge on any atom is 0.220 e. The Morgan fingerprint density at radius 3 is 2.74 bits per heavy atom. The minimum atomic E-state index is 0.0479. The molecule has 0 aliphatic rings. The number of carbonyl (C=O) groups excluding carboxylic acids is 1. The maximum absolute atomic E-state index is 11.6. The summed E-state index contributed by atoms with van der Waals surface area (Å²) in [5, 5.41) is 11.4. The summed E-state index contributed by atoms with van der Waals surface area (Å²) < 4.78 is 5.11. The number of aliphatic hydroxyl groups excluding tert-OH is 1. The lowest BCUT2D eigenvalue weighted by molar-refractivity contribution is -0.121. The third kappa shape index (κ3) is 12.1. The predicted octanol–water partition coefficient (Wildman–Crippen LogP) is 1.05. The van der Waals surface area contributed by atoms with Gasteiger partial charge in [0.05, 0.1) is 13.2 Å². The highest BCUT2D eigenvalue weighted by atomic mass is 16.5. The van der Waals surface area contributed by atoms with Gasteiger partial charge in [0.15, 0.2) is 0 Å². The van der Waals surface area contributed by atoms with Gasteiger partial charge >= 0.3 is 0 Å². The lowest BCUT2D eigenvalue weighted by Gasteiger charge is -2.14. The Labute approximate surface area is 116 Å². The molecule has 0 fully saturated rings. The molecule has 0 spiro atoms. The van der Waals surface area contributed by atoms with Crippen molar-refractivity contribution in [3.8, 4) is 0 Å². The van der Waals surface area contributed by atoms with E-state index in [1.165, 1.54) is 0 Å². The number of hydrogen-bond donors (Lipinski definition) is 3. The number of ether oxygens (including phenoxy) is 1. The van der Waals surface area contributed by atoms with Crippen LogP contribution < -0.4 is 11.1 Å². The first kappa shape index (κ1) is 18.4. The Balaban J connectivity index is 3.50. The van der Waals surface area contributed by atoms with Crippen LogP contribution in [0, 0.1) is 5.92 Å². The lowest BCUT2D eigenvalue weighted by atomic mass is 9.94. The van der Waals surface area contributed by atoms with E-state index in [4.69, 9.17) is 15.6 Å². The van der Waals surface area contributed by atoms with Crippen molar-refractivity contribution < 1.29 is 14.6 Å². The highest BCUT2D eigenvalue weighted by molar-refractivity contribution is 5.75. The van der Waals surface area contributed by atoms with Crippen LogP contribution in [0.4, 0.5) is 0 Å². The molecule has 0 rings (SSSR count). The first-order chi connectivity index (χ1) is 9.24. The third-order valence-electron chi connectivity index (χ3n) is 3.07. The molecule has 0 radical (unpaired) electrons. The van der Waals surface area contributed by atoms with E-state index >= 15 is 0 Å². The van der Waals surface area contributed by atoms with Crippen LogP contribution >= 0.6 is 0 Å². The van der Waals surface area contributed by atoms with Crippen molar-refractivity contribution in [2.24, 2.45) is 11.7 Å². The van der Waals surface area contributed by atoms with Crippen LogP contribution in [0.25, 0.3) is 0 Å². The number of nitrogens with one attached hydrogen (secondary N) is 1. The Hall–Kier alpha value is -0.650. The fourth-order valence-electron chi connectivity index (χ4n) is 2.07. The van der Waals surface area contributed by atoms with Gasteiger partial charge in [-0.3, -0.25) is 4.79 Å². The van der Waals surface area contributed by atoms with Crippen LogP contribution in [0.1, 0.15) is 45.4 Å². The summed E-state index contributed by atoms with van der Waals surface area (Å²) in [6, 6.07) is 0. The van der Waals surface area contributed by atoms with E-state index in [2.05, 4.69) is 12.2 Å². The van der Waals surface area contributed by atoms with E-state index in [9.17, 15) is 4.79 Å². The number of amides is 1. The largest absolute Gasteiger partial charge is 0.394 e. The summed E-state index contributed by atoms with van der Waals surface area (Å²) in [6.07, 6.45) is 5.61. The van der Waals surface area contributed by atoms with Gasteiger partial charge in [-0.05, 0) is 31.7 Å². The smallest absolute Gasteiger partial charge is 0.220 e. The van der Waals surface area contributed by atoms with Crippen molar-refractivity contribution in [2.75, 3.05) is 32.9 Å². The maximum atomic E-state index is 11.6. The van der Waals surface area contributed by atoms with Gasteiger partial charge in [-0.2, -0.15) is 0 Å². The Bertz CT molecular complexity index is 207. The molecule has 0 aliphatic heterocycles. The predicted molar refractivity (Wildman–Crippen MR) is 76.8 cm³/mol. The van der Waals surface area contributed by atoms with Crippen LogP contribution in [-0.2, 0) is 9.53 Å². The Kier molecular flexibility index (Phi) is 13.3. The SMILES string of the molecule is CCCC(CCN)CCC(=O)NCCCOCCO. The topological polar surface area (TPSA) is 84.6 Å². The van der Waals surface area contributed by atoms with Crippen molar-refractivity contribution in [1.82, 2.24) is 5.32 Å². The minimum absolute atomic E-state index is 0.0479. The van der Waals surface area contributed by atoms with E-state index < -0.39 is 0 Å². The average molecular weight is 274 g/mol. The third-order valence-corrected chi connectivity index (χ3v) is 3.07. The molecule has 5 nitrogen and oxygen atoms in total. The summed E-state index contributed by atoms with van der Waals surface area (Å²) in [6.45, 7) is 4.49. The molecule has 114 valence electrons. The molecule has 0 aromatic rings. The second kappa shape index (κ2) is 13.8. The van der Waals surface area contributed by atoms with Gasteiger partial charge in [0.1, 0.15) is 0 Å². The zero-order valence-electron chi connectivity index (χ0n) is 12.2. The molecule has 0 saturated carbocycles. The minimum Gasteiger partial charge on any atom is -0.394 e. The Morgan fingerprint density at radius 1 is 1.32 bits per heavy atom. The zero-order valence-corrected chi connectivity index (χ0v) is 12.2. The van der Waals surface area contributed by atoms with Crippen LogP contribution in [0.5, 0.6) is 0 Å². The van der Waals surface area contributed by atoms with Gasteiger partial charge in [-0.15, -0.1) is 0 Å². The van der Waals surface area contributed by atoms with Crippen molar-refractivity contribution in [3.05, 3.63) is 0 Å². The highest BCUT2D eigenvalue weighted by Gasteiger charge is 2.09. The van der Waals surface area contributed by atoms with Gasteiger partial charge in [-0.1, -0.05) is 19.8 Å². The fourth-order valence-corrected chi connectivity index (χ4v) is 2.07. The molecular weight excluding hydrogens is 244 g/mol. The standard InChI is InChI=1S/C14H30N2O3/c1-2-4-13(7-8-15)5-6-14(18)16-9-3-11-19-12-10-17/h13,17H,2-12,15H2,1H3,(H,16,18). The summed E-state index contributed by atoms with van der Waals surface area (Å²) >= 11 is 0. The van der Waals surface area contributed by atoms with E-state index in [1.54, 1.807) is 0 Å². The van der Waals surface area contributed by atoms with E-state index in [1.807, 2.05) is 0 Å². The molecule has 19 heavy (non-hydrogen) atoms. The fraction of sp³-hybridized carbons (Fsp3) is 0.929. The number of nitrogens with two attached hydrogens (primary N) is 1. The van der Waals surface area contributed by atoms with Crippen molar-refractivity contribution >= 4 is 5.91 Å². The van der Waals surface area contributed by atoms with Crippen molar-refractivity contribution in [1.29, 1.82) is 0 Å². The summed E-state index contributed by atoms with van der Waals surface area (Å²) in [7, 11) is 0. The van der Waals surface area contributed by atoms with Crippen LogP contribution in [0.3, 0.4) is 0 Å². The van der Waals surface area contributed by atoms with Gasteiger partial charge in [-0.25, -0.2) is 0 Å². The summed E-state index contributed by atoms with van der Waals surface area (Å²) in [5.41, 5.74) is 5.57. The molecule has 0 aromatic carbocycles. The van der Waals surface area contributed by atoms with Gasteiger partial charge < -0.3 is 20.9 Å². The molecule has 1 atom stereocenters. The molecule has 0 bridgehead atoms. The van der Waals surface area contributed by atoms with Crippen molar-refractivity contribution in [3.63, 3.8) is 0 Å². The quantitative estimate of drug-likeness (QED) is 0.438. The van der Waals surface area contributed by atoms with Crippen molar-refractivity contribution in [2.45, 2.75) is 45.4 Å². The molecule has 1 amide bonds. The van der Waals surface area contributed by atoms with Crippen LogP contribution in [0.2, 0.25) is 0 Å². The molecule has 4 N–H and O–H groups in total. The second-order valence-corrected chi connectivity index (χ2v) is 4.81. The van der Waals surface area contributed by atoms with Crippen LogP contribution in [-0.4, -0.2) is 43.9 Å².